The molecule has 0 aliphatic rings. The van der Waals surface area contributed by atoms with Crippen LogP contribution in [-0.4, -0.2) is 37.2 Å². The Hall–Kier alpha value is -1.59. The number of carbonyl (C=O) groups is 3. The number of hydrogen-bond acceptors (Lipinski definition) is 6. The minimum atomic E-state index is -0.762. The molecule has 6 heteroatoms. The second-order valence-corrected chi connectivity index (χ2v) is 17.2. The molecule has 0 bridgehead atoms. The fraction of sp³-hybridized carbons (Fsp3) is 0.936. The summed E-state index contributed by atoms with van der Waals surface area (Å²) in [7, 11) is 0. The molecule has 0 heterocycles. The third-order valence-corrected chi connectivity index (χ3v) is 10.8. The Labute approximate surface area is 329 Å². The molecule has 6 nitrogen and oxygen atoms in total. The first-order valence-electron chi connectivity index (χ1n) is 23.1. The molecule has 0 aromatic carbocycles. The molecule has 0 amide bonds. The van der Waals surface area contributed by atoms with Crippen molar-refractivity contribution in [2.75, 3.05) is 13.2 Å². The van der Waals surface area contributed by atoms with E-state index in [1.807, 2.05) is 0 Å². The van der Waals surface area contributed by atoms with Crippen molar-refractivity contribution in [1.82, 2.24) is 0 Å². The fourth-order valence-electron chi connectivity index (χ4n) is 6.85. The second kappa shape index (κ2) is 38.7. The Balaban J connectivity index is 4.31. The van der Waals surface area contributed by atoms with Gasteiger partial charge in [-0.05, 0) is 37.0 Å². The van der Waals surface area contributed by atoms with Crippen LogP contribution in [0, 0.1) is 17.8 Å². The molecule has 0 fully saturated rings. The van der Waals surface area contributed by atoms with Crippen LogP contribution in [0.4, 0.5) is 0 Å². The van der Waals surface area contributed by atoms with E-state index < -0.39 is 6.10 Å². The van der Waals surface area contributed by atoms with Gasteiger partial charge >= 0.3 is 17.9 Å². The lowest BCUT2D eigenvalue weighted by atomic mass is 9.99. The predicted molar refractivity (Wildman–Crippen MR) is 224 cm³/mol. The number of carbonyl (C=O) groups excluding carboxylic acids is 3. The van der Waals surface area contributed by atoms with E-state index in [1.54, 1.807) is 0 Å². The topological polar surface area (TPSA) is 78.9 Å². The smallest absolute Gasteiger partial charge is 0.306 e. The lowest BCUT2D eigenvalue weighted by Gasteiger charge is -2.18. The molecule has 0 N–H and O–H groups in total. The Kier molecular flexibility index (Phi) is 37.5. The van der Waals surface area contributed by atoms with E-state index >= 15 is 0 Å². The molecule has 0 aliphatic heterocycles. The quantitative estimate of drug-likeness (QED) is 0.0352. The largest absolute Gasteiger partial charge is 0.462 e. The number of rotatable bonds is 40. The second-order valence-electron chi connectivity index (χ2n) is 17.2. The Morgan fingerprint density at radius 2 is 0.660 bits per heavy atom. The summed E-state index contributed by atoms with van der Waals surface area (Å²) in [5.74, 6) is 1.57. The van der Waals surface area contributed by atoms with E-state index in [4.69, 9.17) is 14.2 Å². The minimum Gasteiger partial charge on any atom is -0.462 e. The molecule has 0 aromatic heterocycles. The molecule has 314 valence electrons. The minimum absolute atomic E-state index is 0.0669. The number of ether oxygens (including phenoxy) is 3. The molecular formula is C47H90O6. The van der Waals surface area contributed by atoms with Gasteiger partial charge < -0.3 is 14.2 Å². The van der Waals surface area contributed by atoms with Gasteiger partial charge in [0.05, 0.1) is 0 Å². The van der Waals surface area contributed by atoms with E-state index in [0.717, 1.165) is 75.5 Å². The molecule has 0 saturated carbocycles. The van der Waals surface area contributed by atoms with Crippen LogP contribution in [0.5, 0.6) is 0 Å². The lowest BCUT2D eigenvalue weighted by molar-refractivity contribution is -0.167. The first-order chi connectivity index (χ1) is 25.6. The molecule has 0 spiro atoms. The summed E-state index contributed by atoms with van der Waals surface area (Å²) in [6.07, 6.45) is 35.3. The standard InChI is InChI=1S/C47H90O6/c1-7-43(6)35-29-23-16-13-14-18-25-31-37-46(49)52-40-44(53-47(50)38-32-26-20-19-22-28-34-42(4)5)39-51-45(48)36-30-24-17-12-10-8-9-11-15-21-27-33-41(2)3/h41-44H,7-40H2,1-6H3/t43?,44-/m1/s1. The molecule has 0 radical (unpaired) electrons. The summed E-state index contributed by atoms with van der Waals surface area (Å²) in [4.78, 5) is 37.7. The van der Waals surface area contributed by atoms with Crippen LogP contribution in [0.2, 0.25) is 0 Å². The van der Waals surface area contributed by atoms with Gasteiger partial charge in [0.25, 0.3) is 0 Å². The maximum Gasteiger partial charge on any atom is 0.306 e. The molecule has 53 heavy (non-hydrogen) atoms. The van der Waals surface area contributed by atoms with Gasteiger partial charge in [0.1, 0.15) is 13.2 Å². The summed E-state index contributed by atoms with van der Waals surface area (Å²) < 4.78 is 16.7. The number of unbranched alkanes of at least 4 members (excludes halogenated alkanes) is 22. The Morgan fingerprint density at radius 1 is 0.377 bits per heavy atom. The first kappa shape index (κ1) is 51.4. The van der Waals surface area contributed by atoms with Crippen LogP contribution in [0.25, 0.3) is 0 Å². The van der Waals surface area contributed by atoms with Crippen molar-refractivity contribution in [2.45, 2.75) is 253 Å². The van der Waals surface area contributed by atoms with E-state index in [9.17, 15) is 14.4 Å². The average molecular weight is 751 g/mol. The van der Waals surface area contributed by atoms with Gasteiger partial charge in [0, 0.05) is 19.3 Å². The van der Waals surface area contributed by atoms with Gasteiger partial charge in [-0.1, -0.05) is 208 Å². The highest BCUT2D eigenvalue weighted by molar-refractivity contribution is 5.71. The SMILES string of the molecule is CCC(C)CCCCCCCCCCC(=O)OC[C@@H](COC(=O)CCCCCCCCCCCCCC(C)C)OC(=O)CCCCCCCCC(C)C. The number of esters is 3. The van der Waals surface area contributed by atoms with Crippen molar-refractivity contribution in [1.29, 1.82) is 0 Å². The predicted octanol–water partition coefficient (Wildman–Crippen LogP) is 14.4. The molecule has 0 aliphatic carbocycles. The van der Waals surface area contributed by atoms with Gasteiger partial charge in [-0.2, -0.15) is 0 Å². The maximum absolute atomic E-state index is 12.7. The zero-order chi connectivity index (χ0) is 39.2. The highest BCUT2D eigenvalue weighted by atomic mass is 16.6. The molecule has 1 unspecified atom stereocenters. The van der Waals surface area contributed by atoms with Gasteiger partial charge in [-0.25, -0.2) is 0 Å². The molecule has 0 aromatic rings. The van der Waals surface area contributed by atoms with Crippen molar-refractivity contribution in [2.24, 2.45) is 17.8 Å². The highest BCUT2D eigenvalue weighted by Gasteiger charge is 2.19. The summed E-state index contributed by atoms with van der Waals surface area (Å²) in [6, 6.07) is 0. The summed E-state index contributed by atoms with van der Waals surface area (Å²) in [6.45, 7) is 13.6. The van der Waals surface area contributed by atoms with Crippen molar-refractivity contribution in [3.05, 3.63) is 0 Å². The van der Waals surface area contributed by atoms with E-state index in [1.165, 1.54) is 128 Å². The van der Waals surface area contributed by atoms with E-state index in [0.29, 0.717) is 19.3 Å². The summed E-state index contributed by atoms with van der Waals surface area (Å²) >= 11 is 0. The van der Waals surface area contributed by atoms with Gasteiger partial charge in [0.2, 0.25) is 0 Å². The van der Waals surface area contributed by atoms with Crippen LogP contribution in [0.15, 0.2) is 0 Å². The van der Waals surface area contributed by atoms with Crippen molar-refractivity contribution >= 4 is 17.9 Å². The average Bonchev–Trinajstić information content (AvgIpc) is 3.12. The Morgan fingerprint density at radius 3 is 0.981 bits per heavy atom. The lowest BCUT2D eigenvalue weighted by Crippen LogP contribution is -2.30. The zero-order valence-corrected chi connectivity index (χ0v) is 36.3. The van der Waals surface area contributed by atoms with Crippen LogP contribution >= 0.6 is 0 Å². The van der Waals surface area contributed by atoms with Crippen LogP contribution in [0.3, 0.4) is 0 Å². The van der Waals surface area contributed by atoms with Crippen molar-refractivity contribution in [3.63, 3.8) is 0 Å². The fourth-order valence-corrected chi connectivity index (χ4v) is 6.85. The molecular weight excluding hydrogens is 661 g/mol. The molecule has 0 saturated heterocycles. The third-order valence-electron chi connectivity index (χ3n) is 10.8. The van der Waals surface area contributed by atoms with Crippen molar-refractivity contribution < 1.29 is 28.6 Å². The van der Waals surface area contributed by atoms with Crippen LogP contribution in [-0.2, 0) is 28.6 Å². The van der Waals surface area contributed by atoms with Gasteiger partial charge in [-0.3, -0.25) is 14.4 Å². The number of hydrogen-bond donors (Lipinski definition) is 0. The van der Waals surface area contributed by atoms with Crippen LogP contribution < -0.4 is 0 Å². The van der Waals surface area contributed by atoms with E-state index in [2.05, 4.69) is 41.5 Å². The first-order valence-corrected chi connectivity index (χ1v) is 23.1. The van der Waals surface area contributed by atoms with Crippen molar-refractivity contribution in [3.8, 4) is 0 Å². The zero-order valence-electron chi connectivity index (χ0n) is 36.3. The van der Waals surface area contributed by atoms with E-state index in [-0.39, 0.29) is 31.1 Å². The third kappa shape index (κ3) is 39.9. The Bertz CT molecular complexity index is 824. The normalized spacial score (nSPS) is 12.7. The molecule has 2 atom stereocenters. The maximum atomic E-state index is 12.7. The highest BCUT2D eigenvalue weighted by Crippen LogP contribution is 2.17. The molecule has 0 rings (SSSR count). The van der Waals surface area contributed by atoms with Gasteiger partial charge in [-0.15, -0.1) is 0 Å². The van der Waals surface area contributed by atoms with Crippen LogP contribution in [0.1, 0.15) is 247 Å². The summed E-state index contributed by atoms with van der Waals surface area (Å²) in [5.41, 5.74) is 0. The van der Waals surface area contributed by atoms with Gasteiger partial charge in [0.15, 0.2) is 6.10 Å². The monoisotopic (exact) mass is 751 g/mol. The summed E-state index contributed by atoms with van der Waals surface area (Å²) in [5, 5.41) is 0.